The molecule has 1 aromatic carbocycles. The molecule has 0 unspecified atom stereocenters. The summed E-state index contributed by atoms with van der Waals surface area (Å²) in [5.74, 6) is 1.70. The summed E-state index contributed by atoms with van der Waals surface area (Å²) in [6.45, 7) is 10.6. The zero-order valence-corrected chi connectivity index (χ0v) is 13.1. The van der Waals surface area contributed by atoms with Crippen molar-refractivity contribution in [1.29, 1.82) is 0 Å². The number of piperidine rings is 1. The van der Waals surface area contributed by atoms with Crippen LogP contribution < -0.4 is 5.32 Å². The van der Waals surface area contributed by atoms with Gasteiger partial charge in [-0.25, -0.2) is 0 Å². The third-order valence-corrected chi connectivity index (χ3v) is 4.24. The molecule has 0 saturated carbocycles. The zero-order chi connectivity index (χ0) is 14.2. The Kier molecular flexibility index (Phi) is 6.55. The standard InChI is InChI=1S/C18H30N2/c1-16(2)14-19-11-8-17-9-12-20(13-10-17)15-18-6-4-3-5-7-18/h3-7,16-17,19H,8-15H2,1-2H3. The Labute approximate surface area is 124 Å². The van der Waals surface area contributed by atoms with Crippen molar-refractivity contribution in [2.45, 2.75) is 39.7 Å². The monoisotopic (exact) mass is 274 g/mol. The summed E-state index contributed by atoms with van der Waals surface area (Å²) in [5, 5.41) is 3.57. The Balaban J connectivity index is 1.60. The Bertz CT molecular complexity index is 353. The van der Waals surface area contributed by atoms with Crippen LogP contribution in [-0.2, 0) is 6.54 Å². The third kappa shape index (κ3) is 5.64. The van der Waals surface area contributed by atoms with Crippen LogP contribution in [-0.4, -0.2) is 31.1 Å². The van der Waals surface area contributed by atoms with E-state index >= 15 is 0 Å². The average Bonchev–Trinajstić information content (AvgIpc) is 2.46. The van der Waals surface area contributed by atoms with Crippen molar-refractivity contribution in [3.63, 3.8) is 0 Å². The van der Waals surface area contributed by atoms with Crippen molar-refractivity contribution in [1.82, 2.24) is 10.2 Å². The van der Waals surface area contributed by atoms with E-state index in [-0.39, 0.29) is 0 Å². The molecule has 1 aliphatic heterocycles. The fourth-order valence-electron chi connectivity index (χ4n) is 2.97. The van der Waals surface area contributed by atoms with Gasteiger partial charge in [0, 0.05) is 6.54 Å². The predicted octanol–water partition coefficient (Wildman–Crippen LogP) is 3.53. The molecule has 0 amide bonds. The van der Waals surface area contributed by atoms with E-state index < -0.39 is 0 Å². The number of likely N-dealkylation sites (tertiary alicyclic amines) is 1. The maximum absolute atomic E-state index is 3.57. The number of nitrogens with zero attached hydrogens (tertiary/aromatic N) is 1. The van der Waals surface area contributed by atoms with Gasteiger partial charge in [0.2, 0.25) is 0 Å². The summed E-state index contributed by atoms with van der Waals surface area (Å²) < 4.78 is 0. The second-order valence-electron chi connectivity index (χ2n) is 6.59. The first-order chi connectivity index (χ1) is 9.74. The quantitative estimate of drug-likeness (QED) is 0.765. The van der Waals surface area contributed by atoms with Gasteiger partial charge in [-0.05, 0) is 62.8 Å². The molecule has 1 aliphatic rings. The Morgan fingerprint density at radius 1 is 1.15 bits per heavy atom. The van der Waals surface area contributed by atoms with E-state index in [4.69, 9.17) is 0 Å². The van der Waals surface area contributed by atoms with Crippen molar-refractivity contribution in [3.8, 4) is 0 Å². The number of benzene rings is 1. The van der Waals surface area contributed by atoms with Gasteiger partial charge in [0.05, 0.1) is 0 Å². The summed E-state index contributed by atoms with van der Waals surface area (Å²) in [6.07, 6.45) is 4.10. The fraction of sp³-hybridized carbons (Fsp3) is 0.667. The molecule has 1 N–H and O–H groups in total. The maximum Gasteiger partial charge on any atom is 0.0233 e. The molecule has 1 aromatic rings. The minimum absolute atomic E-state index is 0.766. The lowest BCUT2D eigenvalue weighted by atomic mass is 9.93. The molecular formula is C18H30N2. The largest absolute Gasteiger partial charge is 0.316 e. The van der Waals surface area contributed by atoms with Crippen LogP contribution in [0.15, 0.2) is 30.3 Å². The lowest BCUT2D eigenvalue weighted by molar-refractivity contribution is 0.172. The molecule has 0 aromatic heterocycles. The average molecular weight is 274 g/mol. The van der Waals surface area contributed by atoms with Crippen LogP contribution in [0.2, 0.25) is 0 Å². The number of hydrogen-bond donors (Lipinski definition) is 1. The van der Waals surface area contributed by atoms with Crippen molar-refractivity contribution in [3.05, 3.63) is 35.9 Å². The van der Waals surface area contributed by atoms with Crippen LogP contribution in [0.3, 0.4) is 0 Å². The molecule has 0 atom stereocenters. The summed E-state index contributed by atoms with van der Waals surface area (Å²) in [4.78, 5) is 2.60. The van der Waals surface area contributed by atoms with E-state index in [0.29, 0.717) is 0 Å². The van der Waals surface area contributed by atoms with Crippen molar-refractivity contribution in [2.24, 2.45) is 11.8 Å². The summed E-state index contributed by atoms with van der Waals surface area (Å²) in [5.41, 5.74) is 1.45. The van der Waals surface area contributed by atoms with E-state index in [1.54, 1.807) is 0 Å². The Hall–Kier alpha value is -0.860. The highest BCUT2D eigenvalue weighted by molar-refractivity contribution is 5.14. The summed E-state index contributed by atoms with van der Waals surface area (Å²) >= 11 is 0. The van der Waals surface area contributed by atoms with Crippen molar-refractivity contribution in [2.75, 3.05) is 26.2 Å². The van der Waals surface area contributed by atoms with E-state index in [1.807, 2.05) is 0 Å². The number of nitrogens with one attached hydrogen (secondary N) is 1. The Morgan fingerprint density at radius 3 is 2.50 bits per heavy atom. The lowest BCUT2D eigenvalue weighted by Gasteiger charge is -2.32. The molecule has 0 spiro atoms. The van der Waals surface area contributed by atoms with E-state index in [2.05, 4.69) is 54.4 Å². The normalized spacial score (nSPS) is 17.8. The molecule has 0 radical (unpaired) electrons. The number of hydrogen-bond acceptors (Lipinski definition) is 2. The zero-order valence-electron chi connectivity index (χ0n) is 13.1. The molecule has 112 valence electrons. The second kappa shape index (κ2) is 8.43. The van der Waals surface area contributed by atoms with Crippen LogP contribution in [0.1, 0.15) is 38.7 Å². The molecule has 2 rings (SSSR count). The molecule has 2 heteroatoms. The highest BCUT2D eigenvalue weighted by atomic mass is 15.1. The minimum Gasteiger partial charge on any atom is -0.316 e. The van der Waals surface area contributed by atoms with Crippen LogP contribution in [0, 0.1) is 11.8 Å². The van der Waals surface area contributed by atoms with Gasteiger partial charge in [0.1, 0.15) is 0 Å². The molecule has 1 heterocycles. The van der Waals surface area contributed by atoms with Gasteiger partial charge in [-0.3, -0.25) is 4.90 Å². The lowest BCUT2D eigenvalue weighted by Crippen LogP contribution is -2.34. The molecule has 0 aliphatic carbocycles. The van der Waals surface area contributed by atoms with Gasteiger partial charge in [-0.1, -0.05) is 44.2 Å². The van der Waals surface area contributed by atoms with Gasteiger partial charge >= 0.3 is 0 Å². The number of rotatable bonds is 7. The van der Waals surface area contributed by atoms with Crippen LogP contribution in [0.25, 0.3) is 0 Å². The van der Waals surface area contributed by atoms with Gasteiger partial charge in [0.25, 0.3) is 0 Å². The second-order valence-corrected chi connectivity index (χ2v) is 6.59. The smallest absolute Gasteiger partial charge is 0.0233 e. The molecule has 1 fully saturated rings. The molecular weight excluding hydrogens is 244 g/mol. The summed E-state index contributed by atoms with van der Waals surface area (Å²) in [7, 11) is 0. The van der Waals surface area contributed by atoms with Gasteiger partial charge in [0.15, 0.2) is 0 Å². The SMILES string of the molecule is CC(C)CNCCC1CCN(Cc2ccccc2)CC1. The topological polar surface area (TPSA) is 15.3 Å². The first-order valence-electron chi connectivity index (χ1n) is 8.21. The predicted molar refractivity (Wildman–Crippen MR) is 86.8 cm³/mol. The van der Waals surface area contributed by atoms with Gasteiger partial charge in [-0.15, -0.1) is 0 Å². The van der Waals surface area contributed by atoms with Gasteiger partial charge in [-0.2, -0.15) is 0 Å². The molecule has 1 saturated heterocycles. The van der Waals surface area contributed by atoms with E-state index in [0.717, 1.165) is 24.9 Å². The molecule has 2 nitrogen and oxygen atoms in total. The summed E-state index contributed by atoms with van der Waals surface area (Å²) in [6, 6.07) is 10.9. The van der Waals surface area contributed by atoms with Crippen LogP contribution in [0.5, 0.6) is 0 Å². The van der Waals surface area contributed by atoms with E-state index in [9.17, 15) is 0 Å². The highest BCUT2D eigenvalue weighted by Crippen LogP contribution is 2.21. The van der Waals surface area contributed by atoms with Crippen molar-refractivity contribution < 1.29 is 0 Å². The first-order valence-corrected chi connectivity index (χ1v) is 8.21. The van der Waals surface area contributed by atoms with Crippen molar-refractivity contribution >= 4 is 0 Å². The van der Waals surface area contributed by atoms with Crippen LogP contribution in [0.4, 0.5) is 0 Å². The fourth-order valence-corrected chi connectivity index (χ4v) is 2.97. The highest BCUT2D eigenvalue weighted by Gasteiger charge is 2.18. The molecule has 20 heavy (non-hydrogen) atoms. The first kappa shape index (κ1) is 15.5. The van der Waals surface area contributed by atoms with Gasteiger partial charge < -0.3 is 5.32 Å². The minimum atomic E-state index is 0.766. The maximum atomic E-state index is 3.57. The Morgan fingerprint density at radius 2 is 1.85 bits per heavy atom. The third-order valence-electron chi connectivity index (χ3n) is 4.24. The molecule has 0 bridgehead atoms. The van der Waals surface area contributed by atoms with E-state index in [1.165, 1.54) is 44.5 Å². The van der Waals surface area contributed by atoms with Crippen LogP contribution >= 0.6 is 0 Å².